The number of rotatable bonds is 5. The summed E-state index contributed by atoms with van der Waals surface area (Å²) in [5.74, 6) is -3.60. The van der Waals surface area contributed by atoms with Crippen molar-refractivity contribution < 1.29 is 23.2 Å². The van der Waals surface area contributed by atoms with Gasteiger partial charge < -0.3 is 10.6 Å². The van der Waals surface area contributed by atoms with Crippen molar-refractivity contribution >= 4 is 29.0 Å². The van der Waals surface area contributed by atoms with E-state index < -0.39 is 23.3 Å². The van der Waals surface area contributed by atoms with Crippen LogP contribution in [0.4, 0.5) is 20.2 Å². The highest BCUT2D eigenvalue weighted by molar-refractivity contribution is 6.09. The van der Waals surface area contributed by atoms with E-state index in [1.165, 1.54) is 6.92 Å². The molecule has 2 aromatic rings. The average molecular weight is 344 g/mol. The van der Waals surface area contributed by atoms with Crippen LogP contribution in [0.2, 0.25) is 0 Å². The first-order valence-electron chi connectivity index (χ1n) is 7.21. The summed E-state index contributed by atoms with van der Waals surface area (Å²) < 4.78 is 25.9. The highest BCUT2D eigenvalue weighted by atomic mass is 19.2. The Morgan fingerprint density at radius 1 is 0.840 bits per heavy atom. The van der Waals surface area contributed by atoms with Gasteiger partial charge in [0.2, 0.25) is 11.8 Å². The normalized spacial score (nSPS) is 10.5. The fourth-order valence-electron chi connectivity index (χ4n) is 1.92. The van der Waals surface area contributed by atoms with Crippen LogP contribution in [-0.2, 0) is 9.59 Å². The second-order valence-electron chi connectivity index (χ2n) is 5.07. The number of anilines is 2. The van der Waals surface area contributed by atoms with E-state index in [-0.39, 0.29) is 11.5 Å². The molecule has 0 spiro atoms. The first-order chi connectivity index (χ1) is 11.8. The molecule has 0 aliphatic heterocycles. The van der Waals surface area contributed by atoms with Gasteiger partial charge in [-0.3, -0.25) is 14.4 Å². The molecule has 128 valence electrons. The first kappa shape index (κ1) is 18.0. The van der Waals surface area contributed by atoms with Crippen LogP contribution in [0.5, 0.6) is 0 Å². The van der Waals surface area contributed by atoms with Crippen LogP contribution >= 0.6 is 0 Å². The predicted molar refractivity (Wildman–Crippen MR) is 89.2 cm³/mol. The Hall–Kier alpha value is -3.35. The molecule has 0 bridgehead atoms. The molecule has 0 aromatic heterocycles. The lowest BCUT2D eigenvalue weighted by Crippen LogP contribution is -2.09. The largest absolute Gasteiger partial charge is 0.326 e. The first-order valence-corrected chi connectivity index (χ1v) is 7.21. The summed E-state index contributed by atoms with van der Waals surface area (Å²) in [6.07, 6.45) is 1.96. The van der Waals surface area contributed by atoms with E-state index in [4.69, 9.17) is 0 Å². The zero-order valence-electron chi connectivity index (χ0n) is 13.2. The van der Waals surface area contributed by atoms with Gasteiger partial charge in [0.05, 0.1) is 0 Å². The third-order valence-corrected chi connectivity index (χ3v) is 3.06. The van der Waals surface area contributed by atoms with Crippen LogP contribution in [0.1, 0.15) is 17.3 Å². The number of amides is 2. The highest BCUT2D eigenvalue weighted by Gasteiger charge is 2.08. The second kappa shape index (κ2) is 7.96. The van der Waals surface area contributed by atoms with Gasteiger partial charge in [-0.15, -0.1) is 0 Å². The van der Waals surface area contributed by atoms with Gasteiger partial charge in [0, 0.05) is 29.9 Å². The van der Waals surface area contributed by atoms with Crippen molar-refractivity contribution in [2.75, 3.05) is 10.6 Å². The smallest absolute Gasteiger partial charge is 0.248 e. The maximum atomic E-state index is 13.1. The van der Waals surface area contributed by atoms with Crippen LogP contribution in [-0.4, -0.2) is 17.6 Å². The molecule has 0 saturated heterocycles. The minimum Gasteiger partial charge on any atom is -0.326 e. The van der Waals surface area contributed by atoms with Gasteiger partial charge in [0.25, 0.3) is 0 Å². The van der Waals surface area contributed by atoms with Crippen molar-refractivity contribution in [3.05, 3.63) is 71.8 Å². The Kier molecular flexibility index (Phi) is 5.73. The van der Waals surface area contributed by atoms with E-state index in [0.29, 0.717) is 11.4 Å². The summed E-state index contributed by atoms with van der Waals surface area (Å²) in [6.45, 7) is 1.38. The standard InChI is InChI=1S/C18H14F2N2O3/c1-11(23)21-13-3-5-14(6-4-13)22-18(25)9-8-17(24)12-2-7-15(19)16(20)10-12/h2-10H,1H3,(H,21,23)(H,22,25)/b9-8+. The molecule has 2 aromatic carbocycles. The van der Waals surface area contributed by atoms with Crippen molar-refractivity contribution in [3.8, 4) is 0 Å². The van der Waals surface area contributed by atoms with Crippen LogP contribution in [0, 0.1) is 11.6 Å². The molecule has 2 rings (SSSR count). The van der Waals surface area contributed by atoms with E-state index in [1.807, 2.05) is 0 Å². The fraction of sp³-hybridized carbons (Fsp3) is 0.0556. The van der Waals surface area contributed by atoms with Gasteiger partial charge in [-0.2, -0.15) is 0 Å². The molecule has 7 heteroatoms. The number of halogens is 2. The monoisotopic (exact) mass is 344 g/mol. The maximum Gasteiger partial charge on any atom is 0.248 e. The van der Waals surface area contributed by atoms with Gasteiger partial charge in [0.15, 0.2) is 17.4 Å². The number of allylic oxidation sites excluding steroid dienone is 1. The molecule has 0 heterocycles. The van der Waals surface area contributed by atoms with E-state index in [9.17, 15) is 23.2 Å². The third-order valence-electron chi connectivity index (χ3n) is 3.06. The Morgan fingerprint density at radius 2 is 1.44 bits per heavy atom. The number of carbonyl (C=O) groups is 3. The van der Waals surface area contributed by atoms with Crippen LogP contribution < -0.4 is 10.6 Å². The summed E-state index contributed by atoms with van der Waals surface area (Å²) in [5.41, 5.74) is 0.973. The van der Waals surface area contributed by atoms with Crippen LogP contribution in [0.15, 0.2) is 54.6 Å². The van der Waals surface area contributed by atoms with Gasteiger partial charge in [-0.1, -0.05) is 0 Å². The number of carbonyl (C=O) groups excluding carboxylic acids is 3. The summed E-state index contributed by atoms with van der Waals surface area (Å²) in [6, 6.07) is 9.10. The van der Waals surface area contributed by atoms with E-state index >= 15 is 0 Å². The zero-order chi connectivity index (χ0) is 18.4. The zero-order valence-corrected chi connectivity index (χ0v) is 13.2. The van der Waals surface area contributed by atoms with Gasteiger partial charge in [0.1, 0.15) is 0 Å². The number of hydrogen-bond donors (Lipinski definition) is 2. The number of benzene rings is 2. The number of ketones is 1. The van der Waals surface area contributed by atoms with Crippen molar-refractivity contribution in [3.63, 3.8) is 0 Å². The summed E-state index contributed by atoms with van der Waals surface area (Å²) in [4.78, 5) is 34.5. The predicted octanol–water partition coefficient (Wildman–Crippen LogP) is 3.30. The van der Waals surface area contributed by atoms with Gasteiger partial charge in [-0.25, -0.2) is 8.78 Å². The van der Waals surface area contributed by atoms with E-state index in [1.54, 1.807) is 24.3 Å². The van der Waals surface area contributed by atoms with E-state index in [0.717, 1.165) is 30.4 Å². The summed E-state index contributed by atoms with van der Waals surface area (Å²) in [7, 11) is 0. The molecule has 0 radical (unpaired) electrons. The average Bonchev–Trinajstić information content (AvgIpc) is 2.56. The molecule has 2 N–H and O–H groups in total. The lowest BCUT2D eigenvalue weighted by Gasteiger charge is -2.05. The number of hydrogen-bond acceptors (Lipinski definition) is 3. The second-order valence-corrected chi connectivity index (χ2v) is 5.07. The quantitative estimate of drug-likeness (QED) is 0.645. The molecule has 5 nitrogen and oxygen atoms in total. The molecule has 2 amide bonds. The highest BCUT2D eigenvalue weighted by Crippen LogP contribution is 2.14. The van der Waals surface area contributed by atoms with Crippen molar-refractivity contribution in [2.24, 2.45) is 0 Å². The van der Waals surface area contributed by atoms with Gasteiger partial charge in [-0.05, 0) is 48.5 Å². The Bertz CT molecular complexity index is 846. The molecule has 0 saturated carbocycles. The van der Waals surface area contributed by atoms with Crippen molar-refractivity contribution in [2.45, 2.75) is 6.92 Å². The Morgan fingerprint density at radius 3 is 2.00 bits per heavy atom. The van der Waals surface area contributed by atoms with Crippen LogP contribution in [0.25, 0.3) is 0 Å². The van der Waals surface area contributed by atoms with Crippen LogP contribution in [0.3, 0.4) is 0 Å². The lowest BCUT2D eigenvalue weighted by atomic mass is 10.1. The summed E-state index contributed by atoms with van der Waals surface area (Å²) in [5, 5.41) is 5.11. The molecule has 0 aliphatic carbocycles. The number of nitrogens with one attached hydrogen (secondary N) is 2. The third kappa shape index (κ3) is 5.35. The molecule has 0 fully saturated rings. The van der Waals surface area contributed by atoms with Crippen molar-refractivity contribution in [1.82, 2.24) is 0 Å². The Labute approximate surface area is 142 Å². The SMILES string of the molecule is CC(=O)Nc1ccc(NC(=O)/C=C/C(=O)c2ccc(F)c(F)c2)cc1. The minimum atomic E-state index is -1.14. The van der Waals surface area contributed by atoms with E-state index in [2.05, 4.69) is 10.6 Å². The minimum absolute atomic E-state index is 0.0670. The molecular weight excluding hydrogens is 330 g/mol. The summed E-state index contributed by atoms with van der Waals surface area (Å²) >= 11 is 0. The Balaban J connectivity index is 1.96. The topological polar surface area (TPSA) is 75.3 Å². The molecule has 0 aliphatic rings. The van der Waals surface area contributed by atoms with Crippen molar-refractivity contribution in [1.29, 1.82) is 0 Å². The lowest BCUT2D eigenvalue weighted by molar-refractivity contribution is -0.114. The van der Waals surface area contributed by atoms with Gasteiger partial charge >= 0.3 is 0 Å². The molecule has 0 unspecified atom stereocenters. The maximum absolute atomic E-state index is 13.1. The molecular formula is C18H14F2N2O3. The molecule has 0 atom stereocenters. The fourth-order valence-corrected chi connectivity index (χ4v) is 1.92. The molecule has 25 heavy (non-hydrogen) atoms.